The topological polar surface area (TPSA) is 187 Å². The predicted octanol–water partition coefficient (Wildman–Crippen LogP) is 3.99. The Labute approximate surface area is 125 Å². The molecule has 0 amide bonds. The molecule has 12 heteroatoms. The lowest BCUT2D eigenvalue weighted by Crippen LogP contribution is -2.02. The van der Waals surface area contributed by atoms with Gasteiger partial charge in [0, 0.05) is 10.8 Å². The molecule has 2 aromatic rings. The van der Waals surface area contributed by atoms with Crippen LogP contribution in [0.15, 0.2) is 44.3 Å². The molecule has 0 aliphatic rings. The average molecular weight is 346 g/mol. The first kappa shape index (κ1) is 16.4. The van der Waals surface area contributed by atoms with E-state index in [-0.39, 0.29) is 22.1 Å². The minimum Gasteiger partial charge on any atom is -0.304 e. The molecule has 118 valence electrons. The van der Waals surface area contributed by atoms with Crippen LogP contribution in [0.1, 0.15) is 0 Å². The molecule has 2 aromatic carbocycles. The molecule has 22 heavy (non-hydrogen) atoms. The zero-order chi connectivity index (χ0) is 16.7. The third-order valence-corrected chi connectivity index (χ3v) is 4.62. The second kappa shape index (κ2) is 5.35. The van der Waals surface area contributed by atoms with E-state index < -0.39 is 30.8 Å². The maximum Gasteiger partial charge on any atom is 0.295 e. The van der Waals surface area contributed by atoms with E-state index in [1.54, 1.807) is 0 Å². The van der Waals surface area contributed by atoms with Crippen LogP contribution in [0.2, 0.25) is 0 Å². The lowest BCUT2D eigenvalue weighted by Gasteiger charge is -2.22. The van der Waals surface area contributed by atoms with E-state index in [0.29, 0.717) is 0 Å². The summed E-state index contributed by atoms with van der Waals surface area (Å²) < 4.78 is 60.6. The van der Waals surface area contributed by atoms with Crippen LogP contribution in [0.5, 0.6) is 0 Å². The first-order chi connectivity index (χ1) is 10.1. The van der Waals surface area contributed by atoms with E-state index in [4.69, 9.17) is 11.1 Å². The predicted molar refractivity (Wildman–Crippen MR) is 77.1 cm³/mol. The molecular formula is C10H10N4O6S2. The molecule has 0 bridgehead atoms. The highest BCUT2D eigenvalue weighted by molar-refractivity contribution is 8.19. The van der Waals surface area contributed by atoms with Crippen molar-refractivity contribution in [3.05, 3.63) is 24.3 Å². The van der Waals surface area contributed by atoms with Gasteiger partial charge in [0.1, 0.15) is 15.8 Å². The number of fused-ring (bicyclic) bond motifs is 1. The average Bonchev–Trinajstić information content (AvgIpc) is 2.42. The summed E-state index contributed by atoms with van der Waals surface area (Å²) in [7, 11) is -9.00. The van der Waals surface area contributed by atoms with Crippen LogP contribution >= 0.6 is 10.9 Å². The van der Waals surface area contributed by atoms with Gasteiger partial charge in [0.05, 0.1) is 16.3 Å². The summed E-state index contributed by atoms with van der Waals surface area (Å²) in [4.78, 5) is -1.15. The highest BCUT2D eigenvalue weighted by Gasteiger charge is 2.24. The van der Waals surface area contributed by atoms with Crippen LogP contribution in [0.4, 0.5) is 11.4 Å². The summed E-state index contributed by atoms with van der Waals surface area (Å²) in [5.41, 5.74) is 13.5. The molecule has 0 fully saturated rings. The normalized spacial score (nSPS) is 13.1. The minimum atomic E-state index is -4.73. The molecule has 0 unspecified atom stereocenters. The molecule has 0 spiro atoms. The van der Waals surface area contributed by atoms with E-state index in [9.17, 15) is 26.6 Å². The van der Waals surface area contributed by atoms with E-state index in [1.807, 2.05) is 0 Å². The van der Waals surface area contributed by atoms with E-state index in [2.05, 4.69) is 10.2 Å². The monoisotopic (exact) mass is 346 g/mol. The quantitative estimate of drug-likeness (QED) is 0.358. The van der Waals surface area contributed by atoms with E-state index in [0.717, 1.165) is 24.3 Å². The molecule has 0 aliphatic heterocycles. The van der Waals surface area contributed by atoms with Gasteiger partial charge in [-0.2, -0.15) is 18.6 Å². The number of hydrogen-bond donors (Lipinski definition) is 6. The van der Waals surface area contributed by atoms with Gasteiger partial charge in [-0.05, 0) is 24.3 Å². The van der Waals surface area contributed by atoms with Gasteiger partial charge in [-0.25, -0.2) is 11.1 Å². The van der Waals surface area contributed by atoms with Crippen molar-refractivity contribution in [1.82, 2.24) is 0 Å². The van der Waals surface area contributed by atoms with Crippen LogP contribution in [0.3, 0.4) is 0 Å². The standard InChI is InChI=1S/C10H10N4O6S2/c11-13-5-1-7-8(10(3-5)22(18,19)20)2-6(14-12)4-9(7)21(15,16)17/h1-4,11-12,15-17H,(H,18,19,20). The molecule has 0 radical (unpaired) electrons. The first-order valence-electron chi connectivity index (χ1n) is 5.43. The molecule has 0 aliphatic carbocycles. The molecule has 0 atom stereocenters. The Morgan fingerprint density at radius 2 is 1.18 bits per heavy atom. The van der Waals surface area contributed by atoms with Gasteiger partial charge in [0.2, 0.25) is 0 Å². The third-order valence-electron chi connectivity index (χ3n) is 2.79. The Morgan fingerprint density at radius 1 is 0.773 bits per heavy atom. The van der Waals surface area contributed by atoms with Crippen LogP contribution in [0, 0.1) is 11.1 Å². The summed E-state index contributed by atoms with van der Waals surface area (Å²) in [5.74, 6) is 0. The summed E-state index contributed by atoms with van der Waals surface area (Å²) >= 11 is 0. The lowest BCUT2D eigenvalue weighted by atomic mass is 10.1. The molecular weight excluding hydrogens is 336 g/mol. The smallest absolute Gasteiger partial charge is 0.295 e. The van der Waals surface area contributed by atoms with Crippen molar-refractivity contribution in [2.45, 2.75) is 9.79 Å². The SMILES string of the molecule is N=Nc1cc(S(=O)(=O)O)c2cc(N=N)cc(S(O)(O)O)c2c1. The molecule has 0 aromatic heterocycles. The zero-order valence-electron chi connectivity index (χ0n) is 10.6. The zero-order valence-corrected chi connectivity index (χ0v) is 12.3. The third kappa shape index (κ3) is 2.96. The fraction of sp³-hybridized carbons (Fsp3) is 0. The van der Waals surface area contributed by atoms with Crippen molar-refractivity contribution in [2.75, 3.05) is 0 Å². The second-order valence-electron chi connectivity index (χ2n) is 4.20. The number of benzene rings is 2. The molecule has 0 saturated heterocycles. The van der Waals surface area contributed by atoms with Crippen molar-refractivity contribution in [2.24, 2.45) is 10.2 Å². The highest BCUT2D eigenvalue weighted by Crippen LogP contribution is 2.50. The molecule has 10 nitrogen and oxygen atoms in total. The Balaban J connectivity index is 3.11. The molecule has 2 rings (SSSR count). The second-order valence-corrected chi connectivity index (χ2v) is 7.07. The van der Waals surface area contributed by atoms with E-state index >= 15 is 0 Å². The Morgan fingerprint density at radius 3 is 1.55 bits per heavy atom. The van der Waals surface area contributed by atoms with Gasteiger partial charge in [0.15, 0.2) is 0 Å². The van der Waals surface area contributed by atoms with Gasteiger partial charge in [-0.3, -0.25) is 4.55 Å². The summed E-state index contributed by atoms with van der Waals surface area (Å²) in [5, 5.41) is 5.73. The lowest BCUT2D eigenvalue weighted by molar-refractivity contribution is 0.377. The largest absolute Gasteiger partial charge is 0.304 e. The first-order valence-corrected chi connectivity index (χ1v) is 8.37. The van der Waals surface area contributed by atoms with Gasteiger partial charge < -0.3 is 13.7 Å². The van der Waals surface area contributed by atoms with Crippen LogP contribution < -0.4 is 0 Å². The number of rotatable bonds is 4. The Kier molecular flexibility index (Phi) is 3.99. The minimum absolute atomic E-state index is 0.156. The van der Waals surface area contributed by atoms with Gasteiger partial charge in [-0.1, -0.05) is 0 Å². The summed E-state index contributed by atoms with van der Waals surface area (Å²) in [6, 6.07) is 4.11. The number of nitrogens with zero attached hydrogens (tertiary/aromatic N) is 2. The van der Waals surface area contributed by atoms with Crippen LogP contribution in [-0.2, 0) is 10.1 Å². The van der Waals surface area contributed by atoms with Crippen LogP contribution in [0.25, 0.3) is 10.8 Å². The fourth-order valence-electron chi connectivity index (χ4n) is 1.94. The Bertz CT molecular complexity index is 890. The van der Waals surface area contributed by atoms with Gasteiger partial charge >= 0.3 is 0 Å². The van der Waals surface area contributed by atoms with E-state index in [1.165, 1.54) is 0 Å². The van der Waals surface area contributed by atoms with Gasteiger partial charge in [0.25, 0.3) is 10.1 Å². The molecule has 6 N–H and O–H groups in total. The molecule has 0 heterocycles. The van der Waals surface area contributed by atoms with Crippen molar-refractivity contribution in [3.8, 4) is 0 Å². The maximum atomic E-state index is 11.5. The number of nitrogens with one attached hydrogen (secondary N) is 2. The van der Waals surface area contributed by atoms with Crippen molar-refractivity contribution < 1.29 is 26.6 Å². The maximum absolute atomic E-state index is 11.5. The summed E-state index contributed by atoms with van der Waals surface area (Å²) in [6.45, 7) is 0. The van der Waals surface area contributed by atoms with Crippen LogP contribution in [-0.4, -0.2) is 26.6 Å². The molecule has 0 saturated carbocycles. The number of hydrogen-bond acceptors (Lipinski definition) is 9. The van der Waals surface area contributed by atoms with Gasteiger partial charge in [-0.15, -0.1) is 0 Å². The van der Waals surface area contributed by atoms with Crippen molar-refractivity contribution >= 4 is 43.1 Å². The fourth-order valence-corrected chi connectivity index (χ4v) is 3.39. The Hall–Kier alpha value is -1.96. The highest BCUT2D eigenvalue weighted by atomic mass is 32.3. The van der Waals surface area contributed by atoms with Crippen molar-refractivity contribution in [3.63, 3.8) is 0 Å². The summed E-state index contributed by atoms with van der Waals surface area (Å²) in [6.07, 6.45) is 0. The van der Waals surface area contributed by atoms with Crippen molar-refractivity contribution in [1.29, 1.82) is 11.1 Å².